The van der Waals surface area contributed by atoms with Gasteiger partial charge in [-0.1, -0.05) is 0 Å². The molecule has 0 heterocycles. The number of benzene rings is 1. The minimum absolute atomic E-state index is 0.332. The van der Waals surface area contributed by atoms with Crippen LogP contribution in [0, 0.1) is 3.57 Å². The summed E-state index contributed by atoms with van der Waals surface area (Å²) in [5.74, 6) is 5.23. The van der Waals surface area contributed by atoms with Gasteiger partial charge in [-0.15, -0.1) is 0 Å². The van der Waals surface area contributed by atoms with Gasteiger partial charge in [-0.05, 0) is 46.9 Å². The lowest BCUT2D eigenvalue weighted by molar-refractivity contribution is 0.223. The molecule has 0 radical (unpaired) electrons. The summed E-state index contributed by atoms with van der Waals surface area (Å²) in [7, 11) is 1.49. The number of nitrogens with zero attached hydrogens (tertiary/aromatic N) is 1. The summed E-state index contributed by atoms with van der Waals surface area (Å²) in [6.07, 6.45) is 0. The van der Waals surface area contributed by atoms with Crippen LogP contribution in [-0.2, 0) is 0 Å². The predicted molar refractivity (Wildman–Crippen MR) is 60.1 cm³/mol. The Balaban J connectivity index is 2.65. The Hall–Kier alpha value is -0.820. The van der Waals surface area contributed by atoms with Crippen molar-refractivity contribution < 1.29 is 4.79 Å². The highest BCUT2D eigenvalue weighted by Crippen LogP contribution is 2.10. The molecular weight excluding hydrogens is 281 g/mol. The van der Waals surface area contributed by atoms with Crippen molar-refractivity contribution in [2.45, 2.75) is 0 Å². The van der Waals surface area contributed by atoms with E-state index in [9.17, 15) is 4.79 Å². The molecule has 3 N–H and O–H groups in total. The van der Waals surface area contributed by atoms with Gasteiger partial charge in [0.05, 0.1) is 0 Å². The average molecular weight is 291 g/mol. The first-order valence-electron chi connectivity index (χ1n) is 3.64. The predicted octanol–water partition coefficient (Wildman–Crippen LogP) is 1.63. The standard InChI is InChI=1S/C8H10IN3O/c1-12(10)8(13)11-7-4-2-6(9)3-5-7/h2-5H,10H2,1H3,(H,11,13). The van der Waals surface area contributed by atoms with Crippen molar-refractivity contribution in [1.29, 1.82) is 0 Å². The molecule has 1 aromatic rings. The molecule has 70 valence electrons. The van der Waals surface area contributed by atoms with Gasteiger partial charge in [-0.3, -0.25) is 5.01 Å². The monoisotopic (exact) mass is 291 g/mol. The molecule has 0 saturated heterocycles. The van der Waals surface area contributed by atoms with Crippen LogP contribution in [0.25, 0.3) is 0 Å². The maximum absolute atomic E-state index is 11.1. The Labute approximate surface area is 90.2 Å². The number of anilines is 1. The summed E-state index contributed by atoms with van der Waals surface area (Å²) in [6, 6.07) is 7.13. The van der Waals surface area contributed by atoms with Crippen LogP contribution < -0.4 is 11.2 Å². The number of nitrogens with one attached hydrogen (secondary N) is 1. The second kappa shape index (κ2) is 4.43. The molecule has 13 heavy (non-hydrogen) atoms. The fourth-order valence-corrected chi connectivity index (χ4v) is 1.10. The Morgan fingerprint density at radius 1 is 1.46 bits per heavy atom. The topological polar surface area (TPSA) is 58.4 Å². The van der Waals surface area contributed by atoms with E-state index in [-0.39, 0.29) is 6.03 Å². The number of hydrazine groups is 1. The molecule has 0 aliphatic rings. The van der Waals surface area contributed by atoms with Crippen molar-refractivity contribution >= 4 is 34.3 Å². The zero-order valence-electron chi connectivity index (χ0n) is 7.12. The third-order valence-corrected chi connectivity index (χ3v) is 2.14. The number of nitrogens with two attached hydrogens (primary N) is 1. The van der Waals surface area contributed by atoms with Crippen molar-refractivity contribution in [3.8, 4) is 0 Å². The van der Waals surface area contributed by atoms with E-state index in [0.29, 0.717) is 0 Å². The smallest absolute Gasteiger partial charge is 0.307 e. The molecule has 0 aliphatic carbocycles. The fourth-order valence-electron chi connectivity index (χ4n) is 0.745. The third-order valence-electron chi connectivity index (χ3n) is 1.42. The number of rotatable bonds is 1. The van der Waals surface area contributed by atoms with Gasteiger partial charge >= 0.3 is 6.03 Å². The van der Waals surface area contributed by atoms with Crippen molar-refractivity contribution in [2.24, 2.45) is 5.84 Å². The van der Waals surface area contributed by atoms with Crippen molar-refractivity contribution in [2.75, 3.05) is 12.4 Å². The number of hydrogen-bond donors (Lipinski definition) is 2. The van der Waals surface area contributed by atoms with E-state index in [1.807, 2.05) is 24.3 Å². The first kappa shape index (κ1) is 10.3. The molecule has 0 fully saturated rings. The molecule has 0 bridgehead atoms. The number of halogens is 1. The van der Waals surface area contributed by atoms with E-state index in [2.05, 4.69) is 27.9 Å². The fraction of sp³-hybridized carbons (Fsp3) is 0.125. The summed E-state index contributed by atoms with van der Waals surface area (Å²) in [6.45, 7) is 0. The van der Waals surface area contributed by atoms with Crippen LogP contribution in [0.5, 0.6) is 0 Å². The number of carbonyl (C=O) groups is 1. The average Bonchev–Trinajstić information content (AvgIpc) is 2.08. The molecule has 0 saturated carbocycles. The van der Waals surface area contributed by atoms with Crippen LogP contribution in [0.1, 0.15) is 0 Å². The van der Waals surface area contributed by atoms with E-state index < -0.39 is 0 Å². The van der Waals surface area contributed by atoms with Crippen molar-refractivity contribution in [3.63, 3.8) is 0 Å². The first-order valence-corrected chi connectivity index (χ1v) is 4.72. The lowest BCUT2D eigenvalue weighted by atomic mass is 10.3. The number of carbonyl (C=O) groups excluding carboxylic acids is 1. The molecule has 5 heteroatoms. The first-order chi connectivity index (χ1) is 6.09. The van der Waals surface area contributed by atoms with Gasteiger partial charge in [0.1, 0.15) is 0 Å². The summed E-state index contributed by atoms with van der Waals surface area (Å²) in [4.78, 5) is 11.1. The number of amides is 2. The van der Waals surface area contributed by atoms with Crippen LogP contribution in [0.3, 0.4) is 0 Å². The summed E-state index contributed by atoms with van der Waals surface area (Å²) in [5, 5.41) is 3.63. The van der Waals surface area contributed by atoms with Crippen LogP contribution >= 0.6 is 22.6 Å². The van der Waals surface area contributed by atoms with Gasteiger partial charge in [-0.2, -0.15) is 0 Å². The highest BCUT2D eigenvalue weighted by molar-refractivity contribution is 14.1. The molecule has 1 aromatic carbocycles. The van der Waals surface area contributed by atoms with E-state index in [4.69, 9.17) is 5.84 Å². The molecule has 2 amide bonds. The van der Waals surface area contributed by atoms with Crippen molar-refractivity contribution in [1.82, 2.24) is 5.01 Å². The minimum atomic E-state index is -0.332. The third kappa shape index (κ3) is 3.19. The number of hydrogen-bond acceptors (Lipinski definition) is 2. The van der Waals surface area contributed by atoms with Crippen molar-refractivity contribution in [3.05, 3.63) is 27.8 Å². The zero-order chi connectivity index (χ0) is 9.84. The zero-order valence-corrected chi connectivity index (χ0v) is 9.28. The highest BCUT2D eigenvalue weighted by Gasteiger charge is 2.02. The Kier molecular flexibility index (Phi) is 3.49. The largest absolute Gasteiger partial charge is 0.335 e. The highest BCUT2D eigenvalue weighted by atomic mass is 127. The maximum atomic E-state index is 11.1. The lowest BCUT2D eigenvalue weighted by Gasteiger charge is -2.11. The molecule has 0 aliphatic heterocycles. The van der Waals surface area contributed by atoms with E-state index in [1.54, 1.807) is 0 Å². The van der Waals surface area contributed by atoms with Crippen LogP contribution in [0.2, 0.25) is 0 Å². The molecule has 0 aromatic heterocycles. The van der Waals surface area contributed by atoms with Gasteiger partial charge in [0.15, 0.2) is 0 Å². The summed E-state index contributed by atoms with van der Waals surface area (Å²) < 4.78 is 1.12. The van der Waals surface area contributed by atoms with Gasteiger partial charge in [0, 0.05) is 16.3 Å². The van der Waals surface area contributed by atoms with Gasteiger partial charge in [-0.25, -0.2) is 10.6 Å². The molecular formula is C8H10IN3O. The Bertz CT molecular complexity index is 297. The van der Waals surface area contributed by atoms with Crippen LogP contribution in [-0.4, -0.2) is 18.1 Å². The van der Waals surface area contributed by atoms with Crippen LogP contribution in [0.4, 0.5) is 10.5 Å². The molecule has 0 spiro atoms. The van der Waals surface area contributed by atoms with Gasteiger partial charge in [0.25, 0.3) is 0 Å². The molecule has 0 atom stereocenters. The van der Waals surface area contributed by atoms with Crippen LogP contribution in [0.15, 0.2) is 24.3 Å². The maximum Gasteiger partial charge on any atom is 0.335 e. The normalized spacial score (nSPS) is 9.46. The summed E-state index contributed by atoms with van der Waals surface area (Å²) in [5.41, 5.74) is 0.739. The van der Waals surface area contributed by atoms with Gasteiger partial charge < -0.3 is 5.32 Å². The van der Waals surface area contributed by atoms with E-state index in [1.165, 1.54) is 7.05 Å². The van der Waals surface area contributed by atoms with E-state index in [0.717, 1.165) is 14.3 Å². The molecule has 0 unspecified atom stereocenters. The van der Waals surface area contributed by atoms with Gasteiger partial charge in [0.2, 0.25) is 0 Å². The van der Waals surface area contributed by atoms with E-state index >= 15 is 0 Å². The second-order valence-electron chi connectivity index (χ2n) is 2.55. The molecule has 4 nitrogen and oxygen atoms in total. The number of urea groups is 1. The summed E-state index contributed by atoms with van der Waals surface area (Å²) >= 11 is 2.20. The minimum Gasteiger partial charge on any atom is -0.307 e. The lowest BCUT2D eigenvalue weighted by Crippen LogP contribution is -2.36. The SMILES string of the molecule is CN(N)C(=O)Nc1ccc(I)cc1. The Morgan fingerprint density at radius 2 is 2.00 bits per heavy atom. The second-order valence-corrected chi connectivity index (χ2v) is 3.79. The quantitative estimate of drug-likeness (QED) is 0.357. The molecule has 1 rings (SSSR count). The Morgan fingerprint density at radius 3 is 2.46 bits per heavy atom.